The van der Waals surface area contributed by atoms with Crippen LogP contribution >= 0.6 is 0 Å². The zero-order valence-corrected chi connectivity index (χ0v) is 18.3. The molecular weight excluding hydrogens is 384 g/mol. The van der Waals surface area contributed by atoms with Gasteiger partial charge in [0.15, 0.2) is 0 Å². The molecule has 0 unspecified atom stereocenters. The molecule has 5 nitrogen and oxygen atoms in total. The van der Waals surface area contributed by atoms with Crippen LogP contribution in [-0.2, 0) is 26.7 Å². The number of carbonyl (C=O) groups is 1. The molecule has 1 amide bonds. The minimum atomic E-state index is -3.67. The van der Waals surface area contributed by atoms with E-state index >= 15 is 0 Å². The predicted molar refractivity (Wildman–Crippen MR) is 116 cm³/mol. The molecule has 2 aliphatic rings. The first-order valence-electron chi connectivity index (χ1n) is 10.2. The highest BCUT2D eigenvalue weighted by atomic mass is 32.2. The number of rotatable bonds is 3. The van der Waals surface area contributed by atoms with Gasteiger partial charge in [0.2, 0.25) is 5.91 Å². The Balaban J connectivity index is 1.78. The quantitative estimate of drug-likeness (QED) is 0.762. The number of nitrogens with zero attached hydrogens (tertiary/aromatic N) is 2. The lowest BCUT2D eigenvalue weighted by Crippen LogP contribution is -2.36. The SMILES string of the molecule is CC(C)C(=O)N1CC(C)(C)c2cc(S(=O)(=O)N3CCCc4ccccc43)ccc21. The average molecular weight is 413 g/mol. The van der Waals surface area contributed by atoms with E-state index in [0.29, 0.717) is 18.0 Å². The van der Waals surface area contributed by atoms with Crippen molar-refractivity contribution in [3.63, 3.8) is 0 Å². The summed E-state index contributed by atoms with van der Waals surface area (Å²) in [4.78, 5) is 14.8. The molecule has 0 fully saturated rings. The van der Waals surface area contributed by atoms with Gasteiger partial charge in [0.25, 0.3) is 10.0 Å². The summed E-state index contributed by atoms with van der Waals surface area (Å²) in [7, 11) is -3.67. The summed E-state index contributed by atoms with van der Waals surface area (Å²) in [6.07, 6.45) is 1.70. The summed E-state index contributed by atoms with van der Waals surface area (Å²) in [5.41, 5.74) is 3.28. The molecule has 2 aliphatic heterocycles. The largest absolute Gasteiger partial charge is 0.311 e. The highest BCUT2D eigenvalue weighted by Crippen LogP contribution is 2.43. The summed E-state index contributed by atoms with van der Waals surface area (Å²) in [5, 5.41) is 0. The van der Waals surface area contributed by atoms with Crippen LogP contribution in [0.2, 0.25) is 0 Å². The van der Waals surface area contributed by atoms with Gasteiger partial charge in [0, 0.05) is 30.1 Å². The van der Waals surface area contributed by atoms with E-state index < -0.39 is 10.0 Å². The van der Waals surface area contributed by atoms with Crippen molar-refractivity contribution in [1.82, 2.24) is 0 Å². The number of hydrogen-bond acceptors (Lipinski definition) is 3. The highest BCUT2D eigenvalue weighted by molar-refractivity contribution is 7.92. The summed E-state index contributed by atoms with van der Waals surface area (Å²) >= 11 is 0. The smallest absolute Gasteiger partial charge is 0.264 e. The van der Waals surface area contributed by atoms with E-state index in [9.17, 15) is 13.2 Å². The first-order valence-corrected chi connectivity index (χ1v) is 11.6. The van der Waals surface area contributed by atoms with Crippen LogP contribution in [0.1, 0.15) is 45.2 Å². The summed E-state index contributed by atoms with van der Waals surface area (Å²) in [6, 6.07) is 12.9. The number of hydrogen-bond donors (Lipinski definition) is 0. The molecule has 0 N–H and O–H groups in total. The van der Waals surface area contributed by atoms with Gasteiger partial charge in [0.1, 0.15) is 0 Å². The first kappa shape index (κ1) is 20.0. The molecule has 0 aliphatic carbocycles. The first-order chi connectivity index (χ1) is 13.6. The number of benzene rings is 2. The van der Waals surface area contributed by atoms with Crippen LogP contribution in [-0.4, -0.2) is 27.4 Å². The minimum Gasteiger partial charge on any atom is -0.311 e. The van der Waals surface area contributed by atoms with Gasteiger partial charge in [0.05, 0.1) is 10.6 Å². The van der Waals surface area contributed by atoms with Crippen molar-refractivity contribution in [3.05, 3.63) is 53.6 Å². The highest BCUT2D eigenvalue weighted by Gasteiger charge is 2.40. The van der Waals surface area contributed by atoms with Gasteiger partial charge in [-0.1, -0.05) is 45.9 Å². The van der Waals surface area contributed by atoms with Crippen LogP contribution < -0.4 is 9.21 Å². The fraction of sp³-hybridized carbons (Fsp3) is 0.435. The minimum absolute atomic E-state index is 0.0670. The number of sulfonamides is 1. The van der Waals surface area contributed by atoms with Gasteiger partial charge >= 0.3 is 0 Å². The monoisotopic (exact) mass is 412 g/mol. The van der Waals surface area contributed by atoms with Gasteiger partial charge in [-0.3, -0.25) is 9.10 Å². The van der Waals surface area contributed by atoms with Gasteiger partial charge in [-0.15, -0.1) is 0 Å². The fourth-order valence-electron chi connectivity index (χ4n) is 4.40. The summed E-state index contributed by atoms with van der Waals surface area (Å²) in [5.74, 6) is -0.0394. The Bertz CT molecular complexity index is 1070. The van der Waals surface area contributed by atoms with Crippen LogP contribution in [0.3, 0.4) is 0 Å². The lowest BCUT2D eigenvalue weighted by molar-refractivity contribution is -0.121. The van der Waals surface area contributed by atoms with E-state index in [2.05, 4.69) is 13.8 Å². The molecule has 2 heterocycles. The Morgan fingerprint density at radius 1 is 1.07 bits per heavy atom. The van der Waals surface area contributed by atoms with E-state index in [4.69, 9.17) is 0 Å². The Labute approximate surface area is 173 Å². The Hall–Kier alpha value is -2.34. The second kappa shape index (κ2) is 6.87. The Morgan fingerprint density at radius 2 is 1.79 bits per heavy atom. The van der Waals surface area contributed by atoms with Gasteiger partial charge in [-0.05, 0) is 48.2 Å². The molecule has 0 radical (unpaired) electrons. The third kappa shape index (κ3) is 3.23. The Morgan fingerprint density at radius 3 is 2.52 bits per heavy atom. The van der Waals surface area contributed by atoms with Crippen molar-refractivity contribution in [2.75, 3.05) is 22.3 Å². The normalized spacial score (nSPS) is 18.0. The second-order valence-corrected chi connectivity index (χ2v) is 10.8. The summed E-state index contributed by atoms with van der Waals surface area (Å²) < 4.78 is 28.6. The molecule has 0 saturated heterocycles. The molecule has 2 aromatic carbocycles. The van der Waals surface area contributed by atoms with Crippen molar-refractivity contribution in [2.45, 2.75) is 50.8 Å². The molecule has 0 atom stereocenters. The van der Waals surface area contributed by atoms with Gasteiger partial charge < -0.3 is 4.90 Å². The second-order valence-electron chi connectivity index (χ2n) is 8.95. The van der Waals surface area contributed by atoms with Crippen molar-refractivity contribution in [1.29, 1.82) is 0 Å². The van der Waals surface area contributed by atoms with E-state index in [0.717, 1.165) is 35.3 Å². The van der Waals surface area contributed by atoms with Crippen LogP contribution in [0.15, 0.2) is 47.4 Å². The number of amides is 1. The maximum atomic E-state index is 13.5. The Kier molecular flexibility index (Phi) is 4.73. The molecule has 0 saturated carbocycles. The van der Waals surface area contributed by atoms with E-state index in [1.165, 1.54) is 4.31 Å². The third-order valence-corrected chi connectivity index (χ3v) is 7.77. The van der Waals surface area contributed by atoms with Crippen molar-refractivity contribution < 1.29 is 13.2 Å². The molecule has 0 bridgehead atoms. The van der Waals surface area contributed by atoms with Gasteiger partial charge in [-0.25, -0.2) is 8.42 Å². The van der Waals surface area contributed by atoms with Crippen molar-refractivity contribution in [2.24, 2.45) is 5.92 Å². The van der Waals surface area contributed by atoms with E-state index in [1.807, 2.05) is 38.1 Å². The van der Waals surface area contributed by atoms with Crippen LogP contribution in [0, 0.1) is 5.92 Å². The lowest BCUT2D eigenvalue weighted by Gasteiger charge is -2.30. The number of anilines is 2. The molecule has 29 heavy (non-hydrogen) atoms. The van der Waals surface area contributed by atoms with Crippen LogP contribution in [0.4, 0.5) is 11.4 Å². The fourth-order valence-corrected chi connectivity index (χ4v) is 5.97. The maximum absolute atomic E-state index is 13.5. The maximum Gasteiger partial charge on any atom is 0.264 e. The van der Waals surface area contributed by atoms with Crippen molar-refractivity contribution >= 4 is 27.3 Å². The number of aryl methyl sites for hydroxylation is 1. The van der Waals surface area contributed by atoms with E-state index in [1.54, 1.807) is 23.1 Å². The molecular formula is C23H28N2O3S. The summed E-state index contributed by atoms with van der Waals surface area (Å²) in [6.45, 7) is 8.95. The van der Waals surface area contributed by atoms with Crippen LogP contribution in [0.5, 0.6) is 0 Å². The van der Waals surface area contributed by atoms with Gasteiger partial charge in [-0.2, -0.15) is 0 Å². The lowest BCUT2D eigenvalue weighted by atomic mass is 9.87. The number of fused-ring (bicyclic) bond motifs is 2. The standard InChI is InChI=1S/C23H28N2O3S/c1-16(2)22(26)24-15-23(3,4)19-14-18(11-12-21(19)24)29(27,28)25-13-7-9-17-8-5-6-10-20(17)25/h5-6,8,10-12,14,16H,7,9,13,15H2,1-4H3. The molecule has 4 rings (SSSR count). The average Bonchev–Trinajstić information content (AvgIpc) is 2.97. The molecule has 2 aromatic rings. The molecule has 0 aromatic heterocycles. The molecule has 154 valence electrons. The topological polar surface area (TPSA) is 57.7 Å². The zero-order valence-electron chi connectivity index (χ0n) is 17.5. The number of carbonyl (C=O) groups excluding carboxylic acids is 1. The van der Waals surface area contributed by atoms with E-state index in [-0.39, 0.29) is 17.2 Å². The molecule has 6 heteroatoms. The predicted octanol–water partition coefficient (Wildman–Crippen LogP) is 4.11. The zero-order chi connectivity index (χ0) is 21.0. The number of para-hydroxylation sites is 1. The molecule has 0 spiro atoms. The van der Waals surface area contributed by atoms with Crippen molar-refractivity contribution in [3.8, 4) is 0 Å². The van der Waals surface area contributed by atoms with Crippen LogP contribution in [0.25, 0.3) is 0 Å². The third-order valence-electron chi connectivity index (χ3n) is 5.96.